The van der Waals surface area contributed by atoms with Crippen LogP contribution in [0.3, 0.4) is 0 Å². The molecule has 1 rings (SSSR count). The van der Waals surface area contributed by atoms with Crippen molar-refractivity contribution in [3.63, 3.8) is 0 Å². The fourth-order valence-electron chi connectivity index (χ4n) is 2.75. The van der Waals surface area contributed by atoms with Crippen LogP contribution in [0.2, 0.25) is 0 Å². The van der Waals surface area contributed by atoms with Crippen LogP contribution in [-0.2, 0) is 10.2 Å². The first kappa shape index (κ1) is 17.0. The van der Waals surface area contributed by atoms with Crippen molar-refractivity contribution in [3.05, 3.63) is 36.8 Å². The molecular formula is C18H29O2. The van der Waals surface area contributed by atoms with Gasteiger partial charge in [0.25, 0.3) is 0 Å². The van der Waals surface area contributed by atoms with Crippen LogP contribution >= 0.6 is 0 Å². The molecule has 1 radical (unpaired) electrons. The highest BCUT2D eigenvalue weighted by Gasteiger charge is 2.27. The lowest BCUT2D eigenvalue weighted by Gasteiger charge is -2.33. The van der Waals surface area contributed by atoms with Gasteiger partial charge in [0.2, 0.25) is 0 Å². The van der Waals surface area contributed by atoms with Crippen molar-refractivity contribution in [3.8, 4) is 5.75 Å². The number of benzene rings is 1. The van der Waals surface area contributed by atoms with E-state index in [0.717, 1.165) is 12.2 Å². The highest BCUT2D eigenvalue weighted by Crippen LogP contribution is 2.36. The summed E-state index contributed by atoms with van der Waals surface area (Å²) in [6, 6.07) is 8.43. The quantitative estimate of drug-likeness (QED) is 0.676. The van der Waals surface area contributed by atoms with Crippen LogP contribution in [0.25, 0.3) is 0 Å². The predicted molar refractivity (Wildman–Crippen MR) is 85.2 cm³/mol. The molecule has 0 saturated carbocycles. The minimum atomic E-state index is 0.174. The van der Waals surface area contributed by atoms with Gasteiger partial charge in [0.05, 0.1) is 6.61 Å². The first-order chi connectivity index (χ1) is 9.24. The molecule has 0 fully saturated rings. The van der Waals surface area contributed by atoms with Gasteiger partial charge in [-0.1, -0.05) is 46.8 Å². The van der Waals surface area contributed by atoms with E-state index in [1.165, 1.54) is 5.56 Å². The summed E-state index contributed by atoms with van der Waals surface area (Å²) in [6.45, 7) is 16.7. The molecule has 0 saturated heterocycles. The van der Waals surface area contributed by atoms with Gasteiger partial charge in [-0.2, -0.15) is 0 Å². The normalized spacial score (nSPS) is 12.5. The molecule has 2 nitrogen and oxygen atoms in total. The van der Waals surface area contributed by atoms with Crippen molar-refractivity contribution in [1.29, 1.82) is 0 Å². The molecule has 0 amide bonds. The van der Waals surface area contributed by atoms with Crippen molar-refractivity contribution in [2.75, 3.05) is 19.8 Å². The summed E-state index contributed by atoms with van der Waals surface area (Å²) in [5.74, 6) is 0.896. The molecule has 0 heterocycles. The van der Waals surface area contributed by atoms with Crippen LogP contribution < -0.4 is 4.74 Å². The van der Waals surface area contributed by atoms with E-state index >= 15 is 0 Å². The molecule has 0 aliphatic rings. The summed E-state index contributed by atoms with van der Waals surface area (Å²) in [6.07, 6.45) is 1.15. The van der Waals surface area contributed by atoms with Crippen LogP contribution in [0.5, 0.6) is 5.75 Å². The van der Waals surface area contributed by atoms with E-state index in [1.807, 2.05) is 12.1 Å². The van der Waals surface area contributed by atoms with Crippen LogP contribution in [0, 0.1) is 12.3 Å². The van der Waals surface area contributed by atoms with Gasteiger partial charge in [-0.25, -0.2) is 0 Å². The van der Waals surface area contributed by atoms with Crippen molar-refractivity contribution in [2.24, 2.45) is 5.41 Å². The van der Waals surface area contributed by atoms with E-state index in [1.54, 1.807) is 0 Å². The van der Waals surface area contributed by atoms with Gasteiger partial charge in [0, 0.05) is 6.61 Å². The van der Waals surface area contributed by atoms with Crippen molar-refractivity contribution in [2.45, 2.75) is 46.5 Å². The average molecular weight is 277 g/mol. The summed E-state index contributed by atoms with van der Waals surface area (Å²) in [7, 11) is 0. The van der Waals surface area contributed by atoms with E-state index < -0.39 is 0 Å². The maximum absolute atomic E-state index is 5.62. The molecule has 0 unspecified atom stereocenters. The van der Waals surface area contributed by atoms with Gasteiger partial charge in [0.1, 0.15) is 12.4 Å². The van der Waals surface area contributed by atoms with E-state index in [9.17, 15) is 0 Å². The van der Waals surface area contributed by atoms with E-state index in [0.29, 0.717) is 25.2 Å². The highest BCUT2D eigenvalue weighted by molar-refractivity contribution is 5.31. The van der Waals surface area contributed by atoms with Crippen molar-refractivity contribution >= 4 is 0 Å². The summed E-state index contributed by atoms with van der Waals surface area (Å²) in [5.41, 5.74) is 1.85. The average Bonchev–Trinajstić information content (AvgIpc) is 2.32. The molecule has 2 heteroatoms. The molecule has 0 atom stereocenters. The Kier molecular flexibility index (Phi) is 6.07. The molecule has 113 valence electrons. The van der Waals surface area contributed by atoms with E-state index in [4.69, 9.17) is 9.47 Å². The third-order valence-corrected chi connectivity index (χ3v) is 3.25. The largest absolute Gasteiger partial charge is 0.491 e. The van der Waals surface area contributed by atoms with Crippen LogP contribution in [0.4, 0.5) is 0 Å². The number of ether oxygens (including phenoxy) is 2. The molecule has 0 bridgehead atoms. The molecule has 0 N–H and O–H groups in total. The second-order valence-corrected chi connectivity index (χ2v) is 7.11. The van der Waals surface area contributed by atoms with Gasteiger partial charge in [0.15, 0.2) is 0 Å². The van der Waals surface area contributed by atoms with E-state index in [2.05, 4.69) is 53.7 Å². The molecule has 20 heavy (non-hydrogen) atoms. The maximum atomic E-state index is 5.62. The lowest BCUT2D eigenvalue weighted by atomic mass is 9.72. The Morgan fingerprint density at radius 3 is 2.05 bits per heavy atom. The fourth-order valence-corrected chi connectivity index (χ4v) is 2.75. The van der Waals surface area contributed by atoms with Crippen LogP contribution in [0.1, 0.15) is 46.6 Å². The maximum Gasteiger partial charge on any atom is 0.119 e. The predicted octanol–water partition coefficient (Wildman–Crippen LogP) is 4.63. The molecule has 0 spiro atoms. The lowest BCUT2D eigenvalue weighted by Crippen LogP contribution is -2.24. The Morgan fingerprint density at radius 1 is 0.950 bits per heavy atom. The smallest absolute Gasteiger partial charge is 0.119 e. The third-order valence-electron chi connectivity index (χ3n) is 3.25. The Hall–Kier alpha value is -1.02. The monoisotopic (exact) mass is 277 g/mol. The fraction of sp³-hybridized carbons (Fsp3) is 0.611. The molecule has 1 aromatic carbocycles. The van der Waals surface area contributed by atoms with Crippen molar-refractivity contribution < 1.29 is 9.47 Å². The SMILES string of the molecule is [CH2]COCCOc1ccc(C(C)(C)CC(C)(C)C)cc1. The highest BCUT2D eigenvalue weighted by atomic mass is 16.5. The topological polar surface area (TPSA) is 18.5 Å². The number of hydrogen-bond donors (Lipinski definition) is 0. The second-order valence-electron chi connectivity index (χ2n) is 7.11. The summed E-state index contributed by atoms with van der Waals surface area (Å²) >= 11 is 0. The zero-order valence-corrected chi connectivity index (χ0v) is 13.7. The summed E-state index contributed by atoms with van der Waals surface area (Å²) in [5, 5.41) is 0. The Balaban J connectivity index is 2.61. The Labute approximate surface area is 124 Å². The number of hydrogen-bond acceptors (Lipinski definition) is 2. The Morgan fingerprint density at radius 2 is 1.55 bits per heavy atom. The van der Waals surface area contributed by atoms with Gasteiger partial charge >= 0.3 is 0 Å². The molecule has 0 aliphatic heterocycles. The van der Waals surface area contributed by atoms with Crippen LogP contribution in [-0.4, -0.2) is 19.8 Å². The molecular weight excluding hydrogens is 248 g/mol. The van der Waals surface area contributed by atoms with Crippen LogP contribution in [0.15, 0.2) is 24.3 Å². The summed E-state index contributed by atoms with van der Waals surface area (Å²) in [4.78, 5) is 0. The number of rotatable bonds is 7. The first-order valence-corrected chi connectivity index (χ1v) is 7.35. The first-order valence-electron chi connectivity index (χ1n) is 7.35. The minimum Gasteiger partial charge on any atom is -0.491 e. The van der Waals surface area contributed by atoms with Gasteiger partial charge < -0.3 is 9.47 Å². The molecule has 1 aromatic rings. The van der Waals surface area contributed by atoms with Gasteiger partial charge in [-0.3, -0.25) is 0 Å². The zero-order chi connectivity index (χ0) is 15.2. The minimum absolute atomic E-state index is 0.174. The third kappa shape index (κ3) is 5.96. The van der Waals surface area contributed by atoms with E-state index in [-0.39, 0.29) is 5.41 Å². The summed E-state index contributed by atoms with van der Waals surface area (Å²) < 4.78 is 10.8. The second kappa shape index (κ2) is 7.12. The van der Waals surface area contributed by atoms with Crippen molar-refractivity contribution in [1.82, 2.24) is 0 Å². The standard InChI is InChI=1S/C18H29O2/c1-7-19-12-13-20-16-10-8-15(9-11-16)18(5,6)14-17(2,3)4/h8-11H,1,7,12-14H2,2-6H3. The lowest BCUT2D eigenvalue weighted by molar-refractivity contribution is 0.120. The Bertz CT molecular complexity index is 385. The zero-order valence-electron chi connectivity index (χ0n) is 13.7. The molecule has 0 aromatic heterocycles. The van der Waals surface area contributed by atoms with Gasteiger partial charge in [-0.15, -0.1) is 0 Å². The van der Waals surface area contributed by atoms with Gasteiger partial charge in [-0.05, 0) is 41.9 Å². The molecule has 0 aliphatic carbocycles.